The zero-order valence-corrected chi connectivity index (χ0v) is 10.5. The molecule has 1 aromatic rings. The Bertz CT molecular complexity index is 383. The number of nitrogens with zero attached hydrogens (tertiary/aromatic N) is 3. The van der Waals surface area contributed by atoms with Gasteiger partial charge in [0.15, 0.2) is 5.82 Å². The van der Waals surface area contributed by atoms with E-state index < -0.39 is 0 Å². The van der Waals surface area contributed by atoms with Crippen LogP contribution in [0.1, 0.15) is 32.0 Å². The number of nitrogens with two attached hydrogens (primary N) is 1. The first-order chi connectivity index (χ1) is 8.24. The van der Waals surface area contributed by atoms with Crippen LogP contribution in [0.3, 0.4) is 0 Å². The summed E-state index contributed by atoms with van der Waals surface area (Å²) in [5.41, 5.74) is 5.81. The van der Waals surface area contributed by atoms with Crippen molar-refractivity contribution in [1.82, 2.24) is 9.97 Å². The molecule has 0 spiro atoms. The first-order valence-electron chi connectivity index (χ1n) is 6.13. The summed E-state index contributed by atoms with van der Waals surface area (Å²) in [6.07, 6.45) is 3.60. The van der Waals surface area contributed by atoms with Crippen molar-refractivity contribution in [1.29, 1.82) is 0 Å². The summed E-state index contributed by atoms with van der Waals surface area (Å²) < 4.78 is 5.05. The lowest BCUT2D eigenvalue weighted by Crippen LogP contribution is -2.29. The second-order valence-corrected chi connectivity index (χ2v) is 4.40. The van der Waals surface area contributed by atoms with Crippen LogP contribution in [-0.2, 0) is 11.3 Å². The van der Waals surface area contributed by atoms with Crippen molar-refractivity contribution in [2.45, 2.75) is 38.8 Å². The number of aromatic nitrogens is 2. The van der Waals surface area contributed by atoms with Crippen LogP contribution in [0.25, 0.3) is 0 Å². The smallest absolute Gasteiger partial charge is 0.158 e. The minimum absolute atomic E-state index is 0.405. The number of ether oxygens (including phenoxy) is 1. The third-order valence-corrected chi connectivity index (χ3v) is 3.19. The third-order valence-electron chi connectivity index (χ3n) is 3.19. The lowest BCUT2D eigenvalue weighted by molar-refractivity contribution is 0.178. The van der Waals surface area contributed by atoms with Gasteiger partial charge in [-0.15, -0.1) is 0 Å². The van der Waals surface area contributed by atoms with Gasteiger partial charge < -0.3 is 15.4 Å². The maximum absolute atomic E-state index is 5.81. The predicted octanol–water partition coefficient (Wildman–Crippen LogP) is 1.58. The average Bonchev–Trinajstić information content (AvgIpc) is 2.76. The molecule has 0 saturated carbocycles. The van der Waals surface area contributed by atoms with Gasteiger partial charge in [0, 0.05) is 25.8 Å². The van der Waals surface area contributed by atoms with Crippen LogP contribution in [0.4, 0.5) is 11.6 Å². The Kier molecular flexibility index (Phi) is 3.78. The summed E-state index contributed by atoms with van der Waals surface area (Å²) in [6, 6.07) is 2.44. The summed E-state index contributed by atoms with van der Waals surface area (Å²) in [4.78, 5) is 11.0. The Labute approximate surface area is 102 Å². The Morgan fingerprint density at radius 3 is 3.06 bits per heavy atom. The van der Waals surface area contributed by atoms with Crippen molar-refractivity contribution in [3.8, 4) is 0 Å². The highest BCUT2D eigenvalue weighted by Crippen LogP contribution is 2.26. The van der Waals surface area contributed by atoms with Gasteiger partial charge >= 0.3 is 0 Å². The van der Waals surface area contributed by atoms with Gasteiger partial charge in [0.2, 0.25) is 0 Å². The van der Waals surface area contributed by atoms with E-state index in [0.29, 0.717) is 24.3 Å². The summed E-state index contributed by atoms with van der Waals surface area (Å²) in [6.45, 7) is 3.67. The molecule has 0 aliphatic carbocycles. The molecule has 2 heterocycles. The number of hydrogen-bond acceptors (Lipinski definition) is 5. The first kappa shape index (κ1) is 12.1. The van der Waals surface area contributed by atoms with Crippen molar-refractivity contribution >= 4 is 11.6 Å². The van der Waals surface area contributed by atoms with Crippen molar-refractivity contribution in [3.05, 3.63) is 11.9 Å². The van der Waals surface area contributed by atoms with Crippen LogP contribution in [0.5, 0.6) is 0 Å². The summed E-state index contributed by atoms with van der Waals surface area (Å²) in [5.74, 6) is 2.11. The first-order valence-corrected chi connectivity index (χ1v) is 6.13. The molecule has 5 heteroatoms. The van der Waals surface area contributed by atoms with E-state index in [1.54, 1.807) is 7.11 Å². The molecule has 1 aliphatic rings. The monoisotopic (exact) mass is 236 g/mol. The van der Waals surface area contributed by atoms with E-state index in [2.05, 4.69) is 21.8 Å². The molecule has 1 fully saturated rings. The van der Waals surface area contributed by atoms with Crippen LogP contribution >= 0.6 is 0 Å². The van der Waals surface area contributed by atoms with E-state index in [1.807, 2.05) is 6.07 Å². The normalized spacial score (nSPS) is 19.9. The fraction of sp³-hybridized carbons (Fsp3) is 0.667. The van der Waals surface area contributed by atoms with Crippen LogP contribution in [0.15, 0.2) is 6.07 Å². The van der Waals surface area contributed by atoms with Gasteiger partial charge in [-0.2, -0.15) is 0 Å². The maximum Gasteiger partial charge on any atom is 0.158 e. The lowest BCUT2D eigenvalue weighted by atomic mass is 10.2. The molecule has 1 aromatic heterocycles. The van der Waals surface area contributed by atoms with Crippen molar-refractivity contribution in [3.63, 3.8) is 0 Å². The lowest BCUT2D eigenvalue weighted by Gasteiger charge is -2.25. The van der Waals surface area contributed by atoms with Crippen molar-refractivity contribution in [2.24, 2.45) is 0 Å². The highest BCUT2D eigenvalue weighted by molar-refractivity contribution is 5.48. The van der Waals surface area contributed by atoms with Gasteiger partial charge in [0.05, 0.1) is 0 Å². The number of methoxy groups -OCH3 is 1. The minimum Gasteiger partial charge on any atom is -0.384 e. The molecule has 0 aromatic carbocycles. The van der Waals surface area contributed by atoms with Crippen LogP contribution in [0, 0.1) is 0 Å². The average molecular weight is 236 g/mol. The standard InChI is InChI=1S/C12H20N4O/c1-3-9-5-4-6-16(9)12-7-10(13)14-11(15-12)8-17-2/h7,9H,3-6,8H2,1-2H3,(H2,13,14,15). The second kappa shape index (κ2) is 5.31. The largest absolute Gasteiger partial charge is 0.384 e. The highest BCUT2D eigenvalue weighted by atomic mass is 16.5. The Morgan fingerprint density at radius 1 is 1.53 bits per heavy atom. The summed E-state index contributed by atoms with van der Waals surface area (Å²) in [5, 5.41) is 0. The molecule has 94 valence electrons. The van der Waals surface area contributed by atoms with E-state index in [0.717, 1.165) is 18.8 Å². The molecule has 2 N–H and O–H groups in total. The quantitative estimate of drug-likeness (QED) is 0.860. The number of rotatable bonds is 4. The zero-order chi connectivity index (χ0) is 12.3. The summed E-state index contributed by atoms with van der Waals surface area (Å²) in [7, 11) is 1.64. The molecule has 1 unspecified atom stereocenters. The molecular weight excluding hydrogens is 216 g/mol. The number of anilines is 2. The van der Waals surface area contributed by atoms with Gasteiger partial charge in [-0.25, -0.2) is 9.97 Å². The molecule has 1 aliphatic heterocycles. The molecule has 1 atom stereocenters. The van der Waals surface area contributed by atoms with E-state index in [9.17, 15) is 0 Å². The van der Waals surface area contributed by atoms with Gasteiger partial charge in [-0.05, 0) is 19.3 Å². The topological polar surface area (TPSA) is 64.3 Å². The molecule has 0 bridgehead atoms. The molecule has 0 radical (unpaired) electrons. The Morgan fingerprint density at radius 2 is 2.35 bits per heavy atom. The van der Waals surface area contributed by atoms with Gasteiger partial charge in [0.25, 0.3) is 0 Å². The van der Waals surface area contributed by atoms with Crippen LogP contribution in [0.2, 0.25) is 0 Å². The zero-order valence-electron chi connectivity index (χ0n) is 10.5. The van der Waals surface area contributed by atoms with E-state index in [1.165, 1.54) is 12.8 Å². The highest BCUT2D eigenvalue weighted by Gasteiger charge is 2.24. The van der Waals surface area contributed by atoms with Crippen molar-refractivity contribution in [2.75, 3.05) is 24.3 Å². The van der Waals surface area contributed by atoms with E-state index >= 15 is 0 Å². The predicted molar refractivity (Wildman–Crippen MR) is 67.8 cm³/mol. The molecular formula is C12H20N4O. The third kappa shape index (κ3) is 2.66. The summed E-state index contributed by atoms with van der Waals surface area (Å²) >= 11 is 0. The van der Waals surface area contributed by atoms with E-state index in [-0.39, 0.29) is 0 Å². The van der Waals surface area contributed by atoms with Gasteiger partial charge in [-0.1, -0.05) is 6.92 Å². The van der Waals surface area contributed by atoms with Crippen LogP contribution < -0.4 is 10.6 Å². The van der Waals surface area contributed by atoms with Crippen LogP contribution in [-0.4, -0.2) is 29.7 Å². The molecule has 5 nitrogen and oxygen atoms in total. The molecule has 0 amide bonds. The second-order valence-electron chi connectivity index (χ2n) is 4.40. The fourth-order valence-electron chi connectivity index (χ4n) is 2.41. The SMILES string of the molecule is CCC1CCCN1c1cc(N)nc(COC)n1. The van der Waals surface area contributed by atoms with Gasteiger partial charge in [-0.3, -0.25) is 0 Å². The molecule has 1 saturated heterocycles. The number of hydrogen-bond donors (Lipinski definition) is 1. The fourth-order valence-corrected chi connectivity index (χ4v) is 2.41. The minimum atomic E-state index is 0.405. The van der Waals surface area contributed by atoms with Crippen molar-refractivity contribution < 1.29 is 4.74 Å². The number of nitrogen functional groups attached to an aromatic ring is 1. The molecule has 2 rings (SSSR count). The Balaban J connectivity index is 2.24. The maximum atomic E-state index is 5.81. The molecule has 17 heavy (non-hydrogen) atoms. The Hall–Kier alpha value is -1.36. The van der Waals surface area contributed by atoms with Gasteiger partial charge in [0.1, 0.15) is 18.2 Å². The van der Waals surface area contributed by atoms with E-state index in [4.69, 9.17) is 10.5 Å².